The standard InChI is InChI=1S/C16H16ClNO2S.C3H6O2/c1-20-16(19)15(12-4-2-3-5-13(12)17)18-8-6-14-11(10-18)7-9-21-14;1-2-3(4)5/h2-5,7,9,15H,6,8,10H2,1H3;2H2,1H3,(H,4,5)/t15-;/m0./s1. The summed E-state index contributed by atoms with van der Waals surface area (Å²) in [6.45, 7) is 3.19. The number of rotatable bonds is 4. The van der Waals surface area contributed by atoms with E-state index in [0.29, 0.717) is 5.02 Å². The lowest BCUT2D eigenvalue weighted by Gasteiger charge is -2.33. The second-order valence-electron chi connectivity index (χ2n) is 5.78. The van der Waals surface area contributed by atoms with Crippen LogP contribution in [0, 0.1) is 0 Å². The van der Waals surface area contributed by atoms with Crippen LogP contribution >= 0.6 is 22.9 Å². The minimum atomic E-state index is -0.745. The number of nitrogens with zero attached hydrogens (tertiary/aromatic N) is 1. The lowest BCUT2D eigenvalue weighted by molar-refractivity contribution is -0.147. The highest BCUT2D eigenvalue weighted by atomic mass is 35.5. The van der Waals surface area contributed by atoms with Gasteiger partial charge in [-0.05, 0) is 35.1 Å². The van der Waals surface area contributed by atoms with Gasteiger partial charge in [0.05, 0.1) is 7.11 Å². The Hall–Kier alpha value is -1.89. The smallest absolute Gasteiger partial charge is 0.327 e. The molecule has 0 fully saturated rings. The molecule has 5 nitrogen and oxygen atoms in total. The molecule has 7 heteroatoms. The van der Waals surface area contributed by atoms with E-state index in [4.69, 9.17) is 21.4 Å². The Morgan fingerprint density at radius 3 is 2.65 bits per heavy atom. The summed E-state index contributed by atoms with van der Waals surface area (Å²) in [6.07, 6.45) is 1.19. The average molecular weight is 396 g/mol. The number of ether oxygens (including phenoxy) is 1. The van der Waals surface area contributed by atoms with E-state index in [1.54, 1.807) is 18.3 Å². The summed E-state index contributed by atoms with van der Waals surface area (Å²) in [5, 5.41) is 10.4. The lowest BCUT2D eigenvalue weighted by atomic mass is 10.0. The third kappa shape index (κ3) is 5.06. The van der Waals surface area contributed by atoms with E-state index in [1.165, 1.54) is 17.6 Å². The van der Waals surface area contributed by atoms with Crippen LogP contribution in [-0.2, 0) is 27.3 Å². The molecule has 1 aliphatic heterocycles. The third-order valence-corrected chi connectivity index (χ3v) is 5.50. The quantitative estimate of drug-likeness (QED) is 0.787. The molecule has 0 spiro atoms. The molecular formula is C19H22ClNO4S. The van der Waals surface area contributed by atoms with Crippen molar-refractivity contribution >= 4 is 34.9 Å². The molecule has 1 aromatic carbocycles. The van der Waals surface area contributed by atoms with Crippen LogP contribution in [0.15, 0.2) is 35.7 Å². The highest BCUT2D eigenvalue weighted by Crippen LogP contribution is 2.33. The number of aliphatic carboxylic acids is 1. The maximum absolute atomic E-state index is 12.3. The molecule has 0 unspecified atom stereocenters. The van der Waals surface area contributed by atoms with Gasteiger partial charge in [-0.1, -0.05) is 36.7 Å². The second kappa shape index (κ2) is 9.71. The molecule has 1 aromatic heterocycles. The first-order chi connectivity index (χ1) is 12.5. The van der Waals surface area contributed by atoms with Crippen molar-refractivity contribution in [3.05, 3.63) is 56.7 Å². The van der Waals surface area contributed by atoms with E-state index in [-0.39, 0.29) is 12.4 Å². The highest BCUT2D eigenvalue weighted by molar-refractivity contribution is 7.10. The molecule has 0 saturated carbocycles. The van der Waals surface area contributed by atoms with Crippen LogP contribution in [0.25, 0.3) is 0 Å². The van der Waals surface area contributed by atoms with E-state index in [1.807, 2.05) is 24.3 Å². The number of thiophene rings is 1. The molecule has 2 aromatic rings. The summed E-state index contributed by atoms with van der Waals surface area (Å²) in [5.74, 6) is -1.01. The van der Waals surface area contributed by atoms with Gasteiger partial charge in [0.15, 0.2) is 0 Å². The fraction of sp³-hybridized carbons (Fsp3) is 0.368. The van der Waals surface area contributed by atoms with E-state index in [0.717, 1.165) is 25.1 Å². The van der Waals surface area contributed by atoms with Gasteiger partial charge in [0.2, 0.25) is 0 Å². The number of carboxylic acid groups (broad SMARTS) is 1. The van der Waals surface area contributed by atoms with Crippen LogP contribution in [0.1, 0.15) is 35.4 Å². The van der Waals surface area contributed by atoms with Gasteiger partial charge in [-0.2, -0.15) is 0 Å². The zero-order valence-electron chi connectivity index (χ0n) is 14.8. The SMILES string of the molecule is CCC(=O)O.COC(=O)[C@H](c1ccccc1Cl)N1CCc2sccc2C1. The molecule has 0 aliphatic carbocycles. The van der Waals surface area contributed by atoms with Crippen LogP contribution in [0.4, 0.5) is 0 Å². The highest BCUT2D eigenvalue weighted by Gasteiger charge is 2.32. The number of carbonyl (C=O) groups excluding carboxylic acids is 1. The van der Waals surface area contributed by atoms with Gasteiger partial charge in [-0.15, -0.1) is 11.3 Å². The van der Waals surface area contributed by atoms with Crippen molar-refractivity contribution in [2.24, 2.45) is 0 Å². The van der Waals surface area contributed by atoms with Gasteiger partial charge in [0.1, 0.15) is 6.04 Å². The van der Waals surface area contributed by atoms with Crippen LogP contribution in [0.2, 0.25) is 5.02 Å². The summed E-state index contributed by atoms with van der Waals surface area (Å²) in [7, 11) is 1.42. The van der Waals surface area contributed by atoms with Crippen molar-refractivity contribution in [2.45, 2.75) is 32.4 Å². The first-order valence-corrected chi connectivity index (χ1v) is 9.57. The fourth-order valence-electron chi connectivity index (χ4n) is 2.77. The summed E-state index contributed by atoms with van der Waals surface area (Å²) >= 11 is 8.07. The van der Waals surface area contributed by atoms with Gasteiger partial charge in [0, 0.05) is 29.4 Å². The van der Waals surface area contributed by atoms with Crippen LogP contribution < -0.4 is 0 Å². The Labute approximate surface area is 162 Å². The number of benzene rings is 1. The number of esters is 1. The Balaban J connectivity index is 0.000000431. The summed E-state index contributed by atoms with van der Waals surface area (Å²) < 4.78 is 5.01. The molecule has 1 aliphatic rings. The van der Waals surface area contributed by atoms with Crippen molar-refractivity contribution in [3.63, 3.8) is 0 Å². The first kappa shape index (κ1) is 20.4. The number of halogens is 1. The van der Waals surface area contributed by atoms with E-state index >= 15 is 0 Å². The predicted octanol–water partition coefficient (Wildman–Crippen LogP) is 4.15. The summed E-state index contributed by atoms with van der Waals surface area (Å²) in [5.41, 5.74) is 2.11. The normalized spacial score (nSPS) is 14.6. The zero-order valence-corrected chi connectivity index (χ0v) is 16.3. The minimum Gasteiger partial charge on any atom is -0.481 e. The Morgan fingerprint density at radius 1 is 1.35 bits per heavy atom. The number of methoxy groups -OCH3 is 1. The molecule has 0 bridgehead atoms. The number of carbonyl (C=O) groups is 2. The van der Waals surface area contributed by atoms with E-state index in [2.05, 4.69) is 16.3 Å². The maximum atomic E-state index is 12.3. The number of carboxylic acids is 1. The topological polar surface area (TPSA) is 66.8 Å². The lowest BCUT2D eigenvalue weighted by Crippen LogP contribution is -2.38. The Bertz CT molecular complexity index is 762. The fourth-order valence-corrected chi connectivity index (χ4v) is 3.90. The van der Waals surface area contributed by atoms with Crippen LogP contribution in [0.3, 0.4) is 0 Å². The number of fused-ring (bicyclic) bond motifs is 1. The first-order valence-electron chi connectivity index (χ1n) is 8.31. The zero-order chi connectivity index (χ0) is 19.1. The van der Waals surface area contributed by atoms with Gasteiger partial charge in [-0.25, -0.2) is 4.79 Å². The molecule has 1 N–H and O–H groups in total. The monoisotopic (exact) mass is 395 g/mol. The number of hydrogen-bond donors (Lipinski definition) is 1. The van der Waals surface area contributed by atoms with Crippen molar-refractivity contribution in [3.8, 4) is 0 Å². The third-order valence-electron chi connectivity index (χ3n) is 4.13. The summed E-state index contributed by atoms with van der Waals surface area (Å²) in [4.78, 5) is 25.2. The van der Waals surface area contributed by atoms with Crippen LogP contribution in [-0.4, -0.2) is 35.6 Å². The largest absolute Gasteiger partial charge is 0.481 e. The number of hydrogen-bond acceptors (Lipinski definition) is 5. The van der Waals surface area contributed by atoms with Crippen molar-refractivity contribution in [1.82, 2.24) is 4.90 Å². The molecule has 26 heavy (non-hydrogen) atoms. The van der Waals surface area contributed by atoms with Gasteiger partial charge in [0.25, 0.3) is 0 Å². The average Bonchev–Trinajstić information content (AvgIpc) is 3.11. The molecule has 3 rings (SSSR count). The molecule has 0 amide bonds. The molecular weight excluding hydrogens is 374 g/mol. The van der Waals surface area contributed by atoms with Gasteiger partial charge >= 0.3 is 11.9 Å². The van der Waals surface area contributed by atoms with Gasteiger partial charge in [-0.3, -0.25) is 9.69 Å². The van der Waals surface area contributed by atoms with E-state index in [9.17, 15) is 9.59 Å². The summed E-state index contributed by atoms with van der Waals surface area (Å²) in [6, 6.07) is 9.16. The molecule has 0 saturated heterocycles. The molecule has 1 atom stereocenters. The second-order valence-corrected chi connectivity index (χ2v) is 7.19. The Kier molecular flexibility index (Phi) is 7.63. The van der Waals surface area contributed by atoms with Crippen LogP contribution in [0.5, 0.6) is 0 Å². The Morgan fingerprint density at radius 2 is 2.04 bits per heavy atom. The molecule has 0 radical (unpaired) electrons. The van der Waals surface area contributed by atoms with Crippen molar-refractivity contribution < 1.29 is 19.4 Å². The maximum Gasteiger partial charge on any atom is 0.327 e. The van der Waals surface area contributed by atoms with Crippen molar-refractivity contribution in [2.75, 3.05) is 13.7 Å². The van der Waals surface area contributed by atoms with Gasteiger partial charge < -0.3 is 9.84 Å². The predicted molar refractivity (Wildman–Crippen MR) is 103 cm³/mol. The van der Waals surface area contributed by atoms with E-state index < -0.39 is 12.0 Å². The van der Waals surface area contributed by atoms with Crippen molar-refractivity contribution in [1.29, 1.82) is 0 Å². The molecule has 140 valence electrons. The molecule has 2 heterocycles. The minimum absolute atomic E-state index is 0.222.